The summed E-state index contributed by atoms with van der Waals surface area (Å²) in [7, 11) is 1.65. The molecule has 0 saturated carbocycles. The lowest BCUT2D eigenvalue weighted by molar-refractivity contribution is -0.134. The number of hydrogen-bond acceptors (Lipinski definition) is 6. The molecule has 0 unspecified atom stereocenters. The quantitative estimate of drug-likeness (QED) is 0.335. The molecular weight excluding hydrogens is 444 g/mol. The molecule has 8 nitrogen and oxygen atoms in total. The lowest BCUT2D eigenvalue weighted by Gasteiger charge is -2.27. The van der Waals surface area contributed by atoms with E-state index in [0.717, 1.165) is 23.3 Å². The van der Waals surface area contributed by atoms with Crippen LogP contribution in [0.1, 0.15) is 41.6 Å². The average molecular weight is 479 g/mol. The number of primary amides is 1. The van der Waals surface area contributed by atoms with Crippen molar-refractivity contribution in [2.75, 3.05) is 20.2 Å². The zero-order valence-electron chi connectivity index (χ0n) is 19.9. The van der Waals surface area contributed by atoms with Crippen molar-refractivity contribution in [1.82, 2.24) is 16.0 Å². The number of carbonyl (C=O) groups excluding carboxylic acids is 2. The summed E-state index contributed by atoms with van der Waals surface area (Å²) in [4.78, 5) is 25.0. The van der Waals surface area contributed by atoms with Gasteiger partial charge in [-0.25, -0.2) is 0 Å². The minimum atomic E-state index is -1.00. The fourth-order valence-corrected chi connectivity index (χ4v) is 4.89. The molecule has 186 valence electrons. The van der Waals surface area contributed by atoms with E-state index >= 15 is 0 Å². The Balaban J connectivity index is 1.61. The van der Waals surface area contributed by atoms with Gasteiger partial charge in [-0.2, -0.15) is 0 Å². The highest BCUT2D eigenvalue weighted by molar-refractivity contribution is 5.99. The molecule has 2 aliphatic rings. The summed E-state index contributed by atoms with van der Waals surface area (Å²) in [6, 6.07) is 15.3. The summed E-state index contributed by atoms with van der Waals surface area (Å²) in [5.74, 6) is -1.36. The number of carbonyl (C=O) groups is 2. The van der Waals surface area contributed by atoms with Gasteiger partial charge < -0.3 is 31.5 Å². The molecule has 1 heterocycles. The number of β-amino-alcohol motifs (C(OH)–C–C–N with tert-alkyl or cyclic N) is 1. The number of rotatable bonds is 4. The monoisotopic (exact) mass is 478 g/mol. The first-order valence-electron chi connectivity index (χ1n) is 12.1. The minimum absolute atomic E-state index is 0.0211. The van der Waals surface area contributed by atoms with Crippen LogP contribution in [0.15, 0.2) is 60.7 Å². The smallest absolute Gasteiger partial charge is 0.233 e. The Kier molecular flexibility index (Phi) is 8.17. The van der Waals surface area contributed by atoms with Gasteiger partial charge in [0.05, 0.1) is 19.3 Å². The van der Waals surface area contributed by atoms with Crippen molar-refractivity contribution >= 4 is 11.8 Å². The fraction of sp³-hybridized carbons (Fsp3) is 0.407. The predicted octanol–water partition coefficient (Wildman–Crippen LogP) is 1.51. The maximum absolute atomic E-state index is 13.0. The number of nitrogens with one attached hydrogen (secondary N) is 3. The van der Waals surface area contributed by atoms with E-state index in [0.29, 0.717) is 13.0 Å². The Morgan fingerprint density at radius 1 is 1.09 bits per heavy atom. The zero-order chi connectivity index (χ0) is 24.8. The normalized spacial score (nSPS) is 28.2. The van der Waals surface area contributed by atoms with Crippen LogP contribution in [0.5, 0.6) is 5.75 Å². The average Bonchev–Trinajstić information content (AvgIpc) is 3.20. The van der Waals surface area contributed by atoms with Crippen LogP contribution in [0.3, 0.4) is 0 Å². The van der Waals surface area contributed by atoms with Gasteiger partial charge in [-0.05, 0) is 48.1 Å². The summed E-state index contributed by atoms with van der Waals surface area (Å²) in [5, 5.41) is 21.1. The maximum atomic E-state index is 13.0. The van der Waals surface area contributed by atoms with Gasteiger partial charge in [0.25, 0.3) is 0 Å². The maximum Gasteiger partial charge on any atom is 0.233 e. The molecule has 5 atom stereocenters. The van der Waals surface area contributed by atoms with E-state index in [2.05, 4.69) is 22.0 Å². The van der Waals surface area contributed by atoms with E-state index < -0.39 is 29.9 Å². The Morgan fingerprint density at radius 2 is 1.86 bits per heavy atom. The molecule has 0 aromatic heterocycles. The number of fused-ring (bicyclic) bond motifs is 5. The fourth-order valence-electron chi connectivity index (χ4n) is 4.89. The highest BCUT2D eigenvalue weighted by atomic mass is 16.5. The van der Waals surface area contributed by atoms with Gasteiger partial charge >= 0.3 is 0 Å². The van der Waals surface area contributed by atoms with Gasteiger partial charge in [0, 0.05) is 25.2 Å². The van der Waals surface area contributed by atoms with Crippen molar-refractivity contribution in [1.29, 1.82) is 0 Å². The summed E-state index contributed by atoms with van der Waals surface area (Å²) >= 11 is 0. The SMILES string of the molecule is COc1ccc2c(c1)[C@H]1C[C@@H]2NC/C=C/C[C@@H](C(N)=O)C(=O)N[C@@H](Cc2ccccc2)[C@H](O)CN1. The van der Waals surface area contributed by atoms with Gasteiger partial charge in [-0.15, -0.1) is 0 Å². The van der Waals surface area contributed by atoms with E-state index in [1.54, 1.807) is 7.11 Å². The van der Waals surface area contributed by atoms with Crippen LogP contribution in [0.25, 0.3) is 0 Å². The summed E-state index contributed by atoms with van der Waals surface area (Å²) < 4.78 is 5.44. The van der Waals surface area contributed by atoms with Gasteiger partial charge in [0.15, 0.2) is 0 Å². The molecule has 0 saturated heterocycles. The van der Waals surface area contributed by atoms with Crippen molar-refractivity contribution in [3.05, 3.63) is 77.4 Å². The van der Waals surface area contributed by atoms with Crippen LogP contribution in [0, 0.1) is 5.92 Å². The highest BCUT2D eigenvalue weighted by Crippen LogP contribution is 2.40. The third kappa shape index (κ3) is 6.08. The topological polar surface area (TPSA) is 126 Å². The first-order chi connectivity index (χ1) is 17.0. The second-order valence-electron chi connectivity index (χ2n) is 9.19. The number of benzene rings is 2. The molecule has 2 aromatic rings. The largest absolute Gasteiger partial charge is 0.497 e. The second kappa shape index (κ2) is 11.5. The molecule has 4 rings (SSSR count). The van der Waals surface area contributed by atoms with Crippen molar-refractivity contribution < 1.29 is 19.4 Å². The Hall–Kier alpha value is -3.20. The number of amides is 2. The van der Waals surface area contributed by atoms with Gasteiger partial charge in [-0.1, -0.05) is 48.6 Å². The number of allylic oxidation sites excluding steroid dienone is 1. The molecule has 2 amide bonds. The number of hydrogen-bond donors (Lipinski definition) is 5. The van der Waals surface area contributed by atoms with Crippen LogP contribution >= 0.6 is 0 Å². The van der Waals surface area contributed by atoms with E-state index in [4.69, 9.17) is 10.5 Å². The molecule has 35 heavy (non-hydrogen) atoms. The molecule has 2 aromatic carbocycles. The Morgan fingerprint density at radius 3 is 2.60 bits per heavy atom. The summed E-state index contributed by atoms with van der Waals surface area (Å²) in [5.41, 5.74) is 8.86. The third-order valence-corrected chi connectivity index (χ3v) is 6.86. The standard InChI is InChI=1S/C27H34N4O4/c1-35-18-10-11-19-21(14-18)23-15-22(19)29-12-6-5-9-20(26(28)33)27(34)31-24(25(32)16-30-23)13-17-7-3-2-4-8-17/h2-8,10-11,14,20,22-25,29-30,32H,9,12-13,15-16H2,1H3,(H2,28,33)(H,31,34)/b6-5+/t20-,22-,23+,24-,25+/m0/s1. The lowest BCUT2D eigenvalue weighted by atomic mass is 9.98. The first-order valence-corrected chi connectivity index (χ1v) is 12.1. The molecule has 0 radical (unpaired) electrons. The zero-order valence-corrected chi connectivity index (χ0v) is 19.9. The molecule has 6 N–H and O–H groups in total. The predicted molar refractivity (Wildman–Crippen MR) is 134 cm³/mol. The first kappa shape index (κ1) is 24.9. The lowest BCUT2D eigenvalue weighted by Crippen LogP contribution is -2.52. The third-order valence-electron chi connectivity index (χ3n) is 6.86. The number of methoxy groups -OCH3 is 1. The van der Waals surface area contributed by atoms with E-state index in [9.17, 15) is 14.7 Å². The molecule has 2 bridgehead atoms. The van der Waals surface area contributed by atoms with Crippen molar-refractivity contribution in [2.24, 2.45) is 11.7 Å². The van der Waals surface area contributed by atoms with Crippen LogP contribution in [0.4, 0.5) is 0 Å². The molecule has 8 heteroatoms. The Labute approximate surface area is 205 Å². The number of ether oxygens (including phenoxy) is 1. The molecule has 1 aliphatic carbocycles. The van der Waals surface area contributed by atoms with E-state index in [-0.39, 0.29) is 25.0 Å². The van der Waals surface area contributed by atoms with Crippen LogP contribution < -0.4 is 26.4 Å². The molecule has 0 fully saturated rings. The number of aliphatic hydroxyl groups is 1. The van der Waals surface area contributed by atoms with Crippen LogP contribution in [0.2, 0.25) is 0 Å². The molecule has 0 spiro atoms. The molecule has 1 aliphatic heterocycles. The minimum Gasteiger partial charge on any atom is -0.497 e. The van der Waals surface area contributed by atoms with E-state index in [1.807, 2.05) is 54.6 Å². The van der Waals surface area contributed by atoms with Gasteiger partial charge in [0.2, 0.25) is 11.8 Å². The van der Waals surface area contributed by atoms with Gasteiger partial charge in [-0.3, -0.25) is 9.59 Å². The van der Waals surface area contributed by atoms with E-state index in [1.165, 1.54) is 5.56 Å². The van der Waals surface area contributed by atoms with Crippen LogP contribution in [-0.4, -0.2) is 49.3 Å². The molecular formula is C27H34N4O4. The summed E-state index contributed by atoms with van der Waals surface area (Å²) in [6.07, 6.45) is 4.30. The highest BCUT2D eigenvalue weighted by Gasteiger charge is 2.33. The van der Waals surface area contributed by atoms with Gasteiger partial charge in [0.1, 0.15) is 11.7 Å². The summed E-state index contributed by atoms with van der Waals surface area (Å²) in [6.45, 7) is 0.862. The van der Waals surface area contributed by atoms with Crippen molar-refractivity contribution in [3.63, 3.8) is 0 Å². The second-order valence-corrected chi connectivity index (χ2v) is 9.19. The van der Waals surface area contributed by atoms with Crippen molar-refractivity contribution in [2.45, 2.75) is 43.5 Å². The Bertz CT molecular complexity index is 1060. The van der Waals surface area contributed by atoms with Crippen LogP contribution in [-0.2, 0) is 16.0 Å². The number of nitrogens with two attached hydrogens (primary N) is 1. The van der Waals surface area contributed by atoms with Crippen molar-refractivity contribution in [3.8, 4) is 5.75 Å². The number of aliphatic hydroxyl groups excluding tert-OH is 1.